The number of alkyl halides is 3. The van der Waals surface area contributed by atoms with Gasteiger partial charge < -0.3 is 4.74 Å². The van der Waals surface area contributed by atoms with Gasteiger partial charge in [0.25, 0.3) is 0 Å². The van der Waals surface area contributed by atoms with E-state index in [0.29, 0.717) is 12.2 Å². The van der Waals surface area contributed by atoms with Crippen molar-refractivity contribution in [1.29, 1.82) is 0 Å². The molecule has 0 aliphatic heterocycles. The minimum absolute atomic E-state index is 0.000394. The fourth-order valence-electron chi connectivity index (χ4n) is 1.33. The lowest BCUT2D eigenvalue weighted by molar-refractivity contribution is -0.274. The lowest BCUT2D eigenvalue weighted by atomic mass is 10.2. The summed E-state index contributed by atoms with van der Waals surface area (Å²) in [6.07, 6.45) is -1.35. The molecule has 2 nitrogen and oxygen atoms in total. The Morgan fingerprint density at radius 2 is 2.10 bits per heavy atom. The summed E-state index contributed by atoms with van der Waals surface area (Å²) in [6.45, 7) is 1.44. The second-order valence-corrected chi connectivity index (χ2v) is 5.03. The Labute approximate surface area is 117 Å². The molecule has 1 rings (SSSR count). The number of hydrogen-bond acceptors (Lipinski definition) is 3. The van der Waals surface area contributed by atoms with Crippen LogP contribution in [0.2, 0.25) is 0 Å². The second kappa shape index (κ2) is 7.33. The molecule has 0 N–H and O–H groups in total. The minimum atomic E-state index is -4.81. The topological polar surface area (TPSA) is 26.3 Å². The molecule has 0 spiro atoms. The third-order valence-corrected chi connectivity index (χ3v) is 2.93. The number of ether oxygens (including phenoxy) is 1. The highest BCUT2D eigenvalue weighted by atomic mass is 32.2. The molecular weight excluding hydrogens is 296 g/mol. The van der Waals surface area contributed by atoms with Crippen molar-refractivity contribution in [3.05, 3.63) is 35.7 Å². The Bertz CT molecular complexity index is 498. The fourth-order valence-corrected chi connectivity index (χ4v) is 1.87. The van der Waals surface area contributed by atoms with Gasteiger partial charge >= 0.3 is 6.36 Å². The summed E-state index contributed by atoms with van der Waals surface area (Å²) in [6, 6.07) is 2.79. The Morgan fingerprint density at radius 3 is 2.70 bits per heavy atom. The third kappa shape index (κ3) is 6.60. The summed E-state index contributed by atoms with van der Waals surface area (Å²) < 4.78 is 53.2. The largest absolute Gasteiger partial charge is 0.573 e. The van der Waals surface area contributed by atoms with Gasteiger partial charge in [-0.3, -0.25) is 4.79 Å². The number of rotatable bonds is 5. The first kappa shape index (κ1) is 16.6. The fraction of sp³-hybridized carbons (Fsp3) is 0.308. The van der Waals surface area contributed by atoms with Crippen molar-refractivity contribution in [3.63, 3.8) is 0 Å². The molecule has 0 unspecified atom stereocenters. The van der Waals surface area contributed by atoms with Crippen LogP contribution in [0.15, 0.2) is 24.3 Å². The zero-order valence-corrected chi connectivity index (χ0v) is 11.4. The van der Waals surface area contributed by atoms with Crippen molar-refractivity contribution in [3.8, 4) is 5.75 Å². The van der Waals surface area contributed by atoms with Gasteiger partial charge in [-0.2, -0.15) is 0 Å². The summed E-state index contributed by atoms with van der Waals surface area (Å²) in [5.74, 6) is -0.585. The van der Waals surface area contributed by atoms with E-state index in [0.717, 1.165) is 30.0 Å². The van der Waals surface area contributed by atoms with Crippen LogP contribution in [-0.2, 0) is 4.79 Å². The molecule has 0 aliphatic rings. The van der Waals surface area contributed by atoms with Gasteiger partial charge in [0.15, 0.2) is 5.12 Å². The second-order valence-electron chi connectivity index (χ2n) is 3.76. The van der Waals surface area contributed by atoms with E-state index >= 15 is 0 Å². The van der Waals surface area contributed by atoms with Gasteiger partial charge in [0.05, 0.1) is 0 Å². The van der Waals surface area contributed by atoms with Gasteiger partial charge in [0.2, 0.25) is 0 Å². The Hall–Kier alpha value is -1.50. The van der Waals surface area contributed by atoms with Crippen molar-refractivity contribution < 1.29 is 27.1 Å². The van der Waals surface area contributed by atoms with E-state index in [2.05, 4.69) is 4.74 Å². The van der Waals surface area contributed by atoms with Crippen molar-refractivity contribution >= 4 is 23.0 Å². The highest BCUT2D eigenvalue weighted by Crippen LogP contribution is 2.25. The van der Waals surface area contributed by atoms with Gasteiger partial charge in [-0.1, -0.05) is 23.9 Å². The molecule has 0 fully saturated rings. The van der Waals surface area contributed by atoms with Crippen molar-refractivity contribution in [2.45, 2.75) is 19.7 Å². The molecule has 1 aromatic carbocycles. The highest BCUT2D eigenvalue weighted by Gasteiger charge is 2.31. The van der Waals surface area contributed by atoms with Crippen molar-refractivity contribution in [2.75, 3.05) is 5.75 Å². The number of carbonyl (C=O) groups is 1. The molecular formula is C13H12F4O2S. The molecule has 0 amide bonds. The predicted octanol–water partition coefficient (Wildman–Crippen LogP) is 4.41. The standard InChI is InChI=1S/C13H12F4O2S/c1-9(18)20-7-3-2-4-10-8-11(5-6-12(10)14)19-13(15,16)17/h2,4-6,8H,3,7H2,1H3. The smallest absolute Gasteiger partial charge is 0.406 e. The van der Waals surface area contributed by atoms with E-state index in [1.165, 1.54) is 13.0 Å². The molecule has 20 heavy (non-hydrogen) atoms. The molecule has 1 aromatic rings. The maximum absolute atomic E-state index is 13.4. The SMILES string of the molecule is CC(=O)SCCC=Cc1cc(OC(F)(F)F)ccc1F. The van der Waals surface area contributed by atoms with Crippen molar-refractivity contribution in [1.82, 2.24) is 0 Å². The average Bonchev–Trinajstić information content (AvgIpc) is 2.30. The van der Waals surface area contributed by atoms with E-state index in [1.54, 1.807) is 6.08 Å². The molecule has 0 aromatic heterocycles. The summed E-state index contributed by atoms with van der Waals surface area (Å²) in [5.41, 5.74) is -0.000394. The zero-order valence-electron chi connectivity index (χ0n) is 10.5. The number of thioether (sulfide) groups is 1. The Morgan fingerprint density at radius 1 is 1.40 bits per heavy atom. The van der Waals surface area contributed by atoms with Crippen LogP contribution in [-0.4, -0.2) is 17.2 Å². The van der Waals surface area contributed by atoms with Gasteiger partial charge in [0, 0.05) is 18.2 Å². The maximum Gasteiger partial charge on any atom is 0.573 e. The first-order valence-corrected chi connectivity index (χ1v) is 6.61. The monoisotopic (exact) mass is 308 g/mol. The molecule has 0 saturated carbocycles. The summed E-state index contributed by atoms with van der Waals surface area (Å²) in [4.78, 5) is 10.7. The van der Waals surface area contributed by atoms with Crippen LogP contribution >= 0.6 is 11.8 Å². The van der Waals surface area contributed by atoms with Crippen molar-refractivity contribution in [2.24, 2.45) is 0 Å². The first-order chi connectivity index (χ1) is 9.28. The maximum atomic E-state index is 13.4. The highest BCUT2D eigenvalue weighted by molar-refractivity contribution is 8.13. The number of allylic oxidation sites excluding steroid dienone is 1. The summed E-state index contributed by atoms with van der Waals surface area (Å²) in [7, 11) is 0. The van der Waals surface area contributed by atoms with Crippen LogP contribution in [0.5, 0.6) is 5.75 Å². The lowest BCUT2D eigenvalue weighted by Gasteiger charge is -2.09. The normalized spacial score (nSPS) is 11.8. The molecule has 0 saturated heterocycles. The number of hydrogen-bond donors (Lipinski definition) is 0. The van der Waals surface area contributed by atoms with E-state index in [9.17, 15) is 22.4 Å². The van der Waals surface area contributed by atoms with E-state index in [-0.39, 0.29) is 10.7 Å². The van der Waals surface area contributed by atoms with Gasteiger partial charge in [-0.05, 0) is 24.6 Å². The molecule has 0 bridgehead atoms. The van der Waals surface area contributed by atoms with Gasteiger partial charge in [0.1, 0.15) is 11.6 Å². The number of carbonyl (C=O) groups excluding carboxylic acids is 1. The van der Waals surface area contributed by atoms with E-state index in [1.807, 2.05) is 0 Å². The molecule has 0 aliphatic carbocycles. The van der Waals surface area contributed by atoms with E-state index in [4.69, 9.17) is 0 Å². The number of halogens is 4. The number of benzene rings is 1. The molecule has 110 valence electrons. The average molecular weight is 308 g/mol. The predicted molar refractivity (Wildman–Crippen MR) is 69.9 cm³/mol. The first-order valence-electron chi connectivity index (χ1n) is 5.63. The van der Waals surface area contributed by atoms with Crippen LogP contribution in [0.3, 0.4) is 0 Å². The minimum Gasteiger partial charge on any atom is -0.406 e. The van der Waals surface area contributed by atoms with Gasteiger partial charge in [-0.25, -0.2) is 4.39 Å². The molecule has 0 atom stereocenters. The van der Waals surface area contributed by atoms with Crippen LogP contribution in [0, 0.1) is 5.82 Å². The van der Waals surface area contributed by atoms with Gasteiger partial charge in [-0.15, -0.1) is 13.2 Å². The molecule has 7 heteroatoms. The summed E-state index contributed by atoms with van der Waals surface area (Å²) in [5, 5.41) is -0.0230. The third-order valence-electron chi connectivity index (χ3n) is 2.09. The molecule has 0 heterocycles. The Balaban J connectivity index is 2.67. The lowest BCUT2D eigenvalue weighted by Crippen LogP contribution is -2.17. The quantitative estimate of drug-likeness (QED) is 0.595. The van der Waals surface area contributed by atoms with Crippen LogP contribution in [0.4, 0.5) is 17.6 Å². The van der Waals surface area contributed by atoms with E-state index < -0.39 is 17.9 Å². The summed E-state index contributed by atoms with van der Waals surface area (Å²) >= 11 is 1.12. The van der Waals surface area contributed by atoms with Crippen LogP contribution < -0.4 is 4.74 Å². The zero-order chi connectivity index (χ0) is 15.2. The van der Waals surface area contributed by atoms with Crippen LogP contribution in [0.25, 0.3) is 6.08 Å². The van der Waals surface area contributed by atoms with Crippen LogP contribution in [0.1, 0.15) is 18.9 Å². The Kier molecular flexibility index (Phi) is 6.06. The molecule has 0 radical (unpaired) electrons.